The van der Waals surface area contributed by atoms with E-state index in [0.717, 1.165) is 0 Å². The van der Waals surface area contributed by atoms with E-state index in [1.807, 2.05) is 32.3 Å². The summed E-state index contributed by atoms with van der Waals surface area (Å²) < 4.78 is 0. The molecule has 0 radical (unpaired) electrons. The maximum Gasteiger partial charge on any atom is 0.236 e. The fraction of sp³-hybridized carbons (Fsp3) is 0.545. The van der Waals surface area contributed by atoms with Crippen LogP contribution in [0.1, 0.15) is 19.4 Å². The molecule has 0 saturated heterocycles. The van der Waals surface area contributed by atoms with Gasteiger partial charge in [-0.3, -0.25) is 4.79 Å². The monoisotopic (exact) mass is 226 g/mol. The van der Waals surface area contributed by atoms with E-state index in [9.17, 15) is 4.79 Å². The molecule has 0 saturated carbocycles. The molecule has 0 aromatic carbocycles. The van der Waals surface area contributed by atoms with E-state index in [1.54, 1.807) is 16.2 Å². The Morgan fingerprint density at radius 3 is 2.87 bits per heavy atom. The van der Waals surface area contributed by atoms with E-state index in [1.165, 1.54) is 5.56 Å². The normalized spacial score (nSPS) is 10.7. The van der Waals surface area contributed by atoms with Gasteiger partial charge in [0.15, 0.2) is 0 Å². The minimum Gasteiger partial charge on any atom is -0.340 e. The highest BCUT2D eigenvalue weighted by Gasteiger charge is 2.09. The molecule has 1 rings (SSSR count). The molecule has 84 valence electrons. The number of carbonyl (C=O) groups excluding carboxylic acids is 1. The van der Waals surface area contributed by atoms with E-state index in [-0.39, 0.29) is 5.91 Å². The molecular formula is C11H18N2OS. The fourth-order valence-electron chi connectivity index (χ4n) is 1.17. The summed E-state index contributed by atoms with van der Waals surface area (Å²) in [5.74, 6) is 0.134. The van der Waals surface area contributed by atoms with Crippen LogP contribution in [0.4, 0.5) is 0 Å². The summed E-state index contributed by atoms with van der Waals surface area (Å²) in [5, 5.41) is 7.21. The van der Waals surface area contributed by atoms with Gasteiger partial charge in [-0.15, -0.1) is 0 Å². The Hall–Kier alpha value is -0.870. The van der Waals surface area contributed by atoms with E-state index in [0.29, 0.717) is 19.1 Å². The van der Waals surface area contributed by atoms with Gasteiger partial charge >= 0.3 is 0 Å². The van der Waals surface area contributed by atoms with Crippen LogP contribution >= 0.6 is 11.3 Å². The molecule has 1 N–H and O–H groups in total. The van der Waals surface area contributed by atoms with Gasteiger partial charge in [0, 0.05) is 19.6 Å². The van der Waals surface area contributed by atoms with Crippen molar-refractivity contribution in [1.29, 1.82) is 0 Å². The lowest BCUT2D eigenvalue weighted by atomic mass is 10.3. The average molecular weight is 226 g/mol. The van der Waals surface area contributed by atoms with Crippen LogP contribution < -0.4 is 5.32 Å². The van der Waals surface area contributed by atoms with Crippen molar-refractivity contribution >= 4 is 17.2 Å². The molecule has 0 aliphatic rings. The molecule has 0 bridgehead atoms. The molecule has 0 aliphatic carbocycles. The quantitative estimate of drug-likeness (QED) is 0.829. The zero-order chi connectivity index (χ0) is 11.3. The minimum atomic E-state index is 0.134. The molecule has 0 aliphatic heterocycles. The second-order valence-corrected chi connectivity index (χ2v) is 4.70. The van der Waals surface area contributed by atoms with E-state index >= 15 is 0 Å². The molecule has 4 heteroatoms. The van der Waals surface area contributed by atoms with Crippen molar-refractivity contribution in [2.75, 3.05) is 13.6 Å². The maximum absolute atomic E-state index is 11.6. The summed E-state index contributed by atoms with van der Waals surface area (Å²) in [6.45, 7) is 5.18. The first kappa shape index (κ1) is 12.2. The zero-order valence-corrected chi connectivity index (χ0v) is 10.3. The lowest BCUT2D eigenvalue weighted by molar-refractivity contribution is -0.129. The van der Waals surface area contributed by atoms with Gasteiger partial charge in [0.05, 0.1) is 6.54 Å². The molecule has 0 spiro atoms. The minimum absolute atomic E-state index is 0.134. The Balaban J connectivity index is 2.33. The van der Waals surface area contributed by atoms with Gasteiger partial charge in [-0.1, -0.05) is 13.8 Å². The molecule has 3 nitrogen and oxygen atoms in total. The molecule has 1 aromatic rings. The van der Waals surface area contributed by atoms with Crippen molar-refractivity contribution in [3.8, 4) is 0 Å². The van der Waals surface area contributed by atoms with Crippen LogP contribution in [0.3, 0.4) is 0 Å². The van der Waals surface area contributed by atoms with Gasteiger partial charge in [-0.2, -0.15) is 11.3 Å². The molecule has 15 heavy (non-hydrogen) atoms. The Labute approximate surface area is 95.1 Å². The number of thiophene rings is 1. The molecular weight excluding hydrogens is 208 g/mol. The summed E-state index contributed by atoms with van der Waals surface area (Å²) >= 11 is 1.66. The van der Waals surface area contributed by atoms with Gasteiger partial charge in [0.2, 0.25) is 5.91 Å². The summed E-state index contributed by atoms with van der Waals surface area (Å²) in [6.07, 6.45) is 0. The average Bonchev–Trinajstić information content (AvgIpc) is 2.66. The first-order chi connectivity index (χ1) is 7.09. The Kier molecular flexibility index (Phi) is 4.78. The molecule has 1 amide bonds. The first-order valence-electron chi connectivity index (χ1n) is 5.08. The van der Waals surface area contributed by atoms with Gasteiger partial charge in [0.25, 0.3) is 0 Å². The first-order valence-corrected chi connectivity index (χ1v) is 6.02. The fourth-order valence-corrected chi connectivity index (χ4v) is 1.83. The Morgan fingerprint density at radius 2 is 2.33 bits per heavy atom. The highest BCUT2D eigenvalue weighted by Crippen LogP contribution is 2.08. The predicted molar refractivity (Wildman–Crippen MR) is 63.9 cm³/mol. The second-order valence-electron chi connectivity index (χ2n) is 3.92. The van der Waals surface area contributed by atoms with E-state index < -0.39 is 0 Å². The third-order valence-electron chi connectivity index (χ3n) is 2.09. The topological polar surface area (TPSA) is 32.3 Å². The smallest absolute Gasteiger partial charge is 0.236 e. The predicted octanol–water partition coefficient (Wildman–Crippen LogP) is 1.70. The van der Waals surface area contributed by atoms with Crippen molar-refractivity contribution in [2.24, 2.45) is 0 Å². The van der Waals surface area contributed by atoms with Crippen LogP contribution in [0, 0.1) is 0 Å². The Bertz CT molecular complexity index is 296. The molecule has 1 aromatic heterocycles. The molecule has 0 atom stereocenters. The number of hydrogen-bond acceptors (Lipinski definition) is 3. The SMILES string of the molecule is CC(C)NCC(=O)N(C)Cc1ccsc1. The van der Waals surface area contributed by atoms with Crippen molar-refractivity contribution in [3.05, 3.63) is 22.4 Å². The van der Waals surface area contributed by atoms with Crippen molar-refractivity contribution in [3.63, 3.8) is 0 Å². The second kappa shape index (κ2) is 5.88. The van der Waals surface area contributed by atoms with Crippen molar-refractivity contribution in [2.45, 2.75) is 26.4 Å². The molecule has 0 fully saturated rings. The number of hydrogen-bond donors (Lipinski definition) is 1. The van der Waals surface area contributed by atoms with Crippen molar-refractivity contribution in [1.82, 2.24) is 10.2 Å². The van der Waals surface area contributed by atoms with Gasteiger partial charge in [0.1, 0.15) is 0 Å². The number of nitrogens with one attached hydrogen (secondary N) is 1. The molecule has 1 heterocycles. The summed E-state index contributed by atoms with van der Waals surface area (Å²) in [7, 11) is 1.84. The summed E-state index contributed by atoms with van der Waals surface area (Å²) in [6, 6.07) is 2.40. The van der Waals surface area contributed by atoms with Crippen LogP contribution in [0.15, 0.2) is 16.8 Å². The van der Waals surface area contributed by atoms with Gasteiger partial charge in [-0.25, -0.2) is 0 Å². The van der Waals surface area contributed by atoms with Gasteiger partial charge in [-0.05, 0) is 22.4 Å². The summed E-state index contributed by atoms with van der Waals surface area (Å²) in [5.41, 5.74) is 1.19. The molecule has 0 unspecified atom stereocenters. The third-order valence-corrected chi connectivity index (χ3v) is 2.82. The lowest BCUT2D eigenvalue weighted by Crippen LogP contribution is -2.37. The van der Waals surface area contributed by atoms with Crippen LogP contribution in [0.25, 0.3) is 0 Å². The lowest BCUT2D eigenvalue weighted by Gasteiger charge is -2.17. The van der Waals surface area contributed by atoms with Crippen LogP contribution in [-0.4, -0.2) is 30.4 Å². The van der Waals surface area contributed by atoms with Crippen LogP contribution in [0.2, 0.25) is 0 Å². The Morgan fingerprint density at radius 1 is 1.60 bits per heavy atom. The number of nitrogens with zero attached hydrogens (tertiary/aromatic N) is 1. The van der Waals surface area contributed by atoms with Crippen LogP contribution in [-0.2, 0) is 11.3 Å². The highest BCUT2D eigenvalue weighted by atomic mass is 32.1. The number of amides is 1. The summed E-state index contributed by atoms with van der Waals surface area (Å²) in [4.78, 5) is 13.4. The van der Waals surface area contributed by atoms with E-state index in [4.69, 9.17) is 0 Å². The number of carbonyl (C=O) groups is 1. The number of rotatable bonds is 5. The van der Waals surface area contributed by atoms with Crippen LogP contribution in [0.5, 0.6) is 0 Å². The van der Waals surface area contributed by atoms with E-state index in [2.05, 4.69) is 10.7 Å². The van der Waals surface area contributed by atoms with Crippen molar-refractivity contribution < 1.29 is 4.79 Å². The number of likely N-dealkylation sites (N-methyl/N-ethyl adjacent to an activating group) is 1. The maximum atomic E-state index is 11.6. The largest absolute Gasteiger partial charge is 0.340 e. The highest BCUT2D eigenvalue weighted by molar-refractivity contribution is 7.07. The van der Waals surface area contributed by atoms with Gasteiger partial charge < -0.3 is 10.2 Å². The zero-order valence-electron chi connectivity index (χ0n) is 9.49. The standard InChI is InChI=1S/C11H18N2OS/c1-9(2)12-6-11(14)13(3)7-10-4-5-15-8-10/h4-5,8-9,12H,6-7H2,1-3H3. The third kappa shape index (κ3) is 4.44.